The second-order valence-corrected chi connectivity index (χ2v) is 5.85. The van der Waals surface area contributed by atoms with Crippen LogP contribution in [-0.4, -0.2) is 23.7 Å². The van der Waals surface area contributed by atoms with Crippen LogP contribution in [0.25, 0.3) is 0 Å². The Balaban J connectivity index is 0.00000312. The smallest absolute Gasteiger partial charge is 0.193 e. The molecule has 4 nitrogen and oxygen atoms in total. The fraction of sp³-hybridized carbons (Fsp3) is 0.350. The number of nitrogens with one attached hydrogen (secondary N) is 1. The van der Waals surface area contributed by atoms with E-state index in [0.29, 0.717) is 12.4 Å². The van der Waals surface area contributed by atoms with Crippen LogP contribution in [0.2, 0.25) is 0 Å². The zero-order valence-electron chi connectivity index (χ0n) is 14.9. The third-order valence-electron chi connectivity index (χ3n) is 4.04. The van der Waals surface area contributed by atoms with Gasteiger partial charge in [0.25, 0.3) is 0 Å². The van der Waals surface area contributed by atoms with E-state index >= 15 is 0 Å². The summed E-state index contributed by atoms with van der Waals surface area (Å²) in [5.74, 6) is 0.345. The number of nitrogens with zero attached hydrogens (tertiary/aromatic N) is 1. The zero-order valence-corrected chi connectivity index (χ0v) is 17.2. The molecule has 25 heavy (non-hydrogen) atoms. The quantitative estimate of drug-likeness (QED) is 0.340. The monoisotopic (exact) mass is 453 g/mol. The van der Waals surface area contributed by atoms with E-state index in [4.69, 9.17) is 5.73 Å². The maximum absolute atomic E-state index is 10.1. The highest BCUT2D eigenvalue weighted by Gasteiger charge is 2.08. The Morgan fingerprint density at radius 2 is 1.64 bits per heavy atom. The Hall–Kier alpha value is -1.60. The van der Waals surface area contributed by atoms with Crippen molar-refractivity contribution >= 4 is 35.6 Å². The van der Waals surface area contributed by atoms with Crippen LogP contribution in [0.3, 0.4) is 0 Å². The second kappa shape index (κ2) is 11.1. The van der Waals surface area contributed by atoms with Crippen molar-refractivity contribution in [2.45, 2.75) is 39.2 Å². The summed E-state index contributed by atoms with van der Waals surface area (Å²) in [7, 11) is 0. The third-order valence-corrected chi connectivity index (χ3v) is 4.04. The fourth-order valence-corrected chi connectivity index (χ4v) is 2.73. The van der Waals surface area contributed by atoms with Crippen LogP contribution in [0, 0.1) is 0 Å². The number of aliphatic hydroxyl groups is 1. The predicted molar refractivity (Wildman–Crippen MR) is 117 cm³/mol. The third kappa shape index (κ3) is 6.66. The van der Waals surface area contributed by atoms with Gasteiger partial charge in [0.1, 0.15) is 0 Å². The maximum atomic E-state index is 10.1. The number of anilines is 1. The van der Waals surface area contributed by atoms with Gasteiger partial charge in [0.15, 0.2) is 5.96 Å². The molecule has 0 radical (unpaired) electrons. The summed E-state index contributed by atoms with van der Waals surface area (Å²) in [6, 6.07) is 16.2. The molecule has 0 amide bonds. The average molecular weight is 453 g/mol. The van der Waals surface area contributed by atoms with E-state index < -0.39 is 6.10 Å². The lowest BCUT2D eigenvalue weighted by Gasteiger charge is -2.15. The van der Waals surface area contributed by atoms with E-state index in [0.717, 1.165) is 24.1 Å². The molecule has 1 atom stereocenters. The SMILES string of the molecule is CCc1cccc(CC)c1NC(N)=NCC(O)Cc1ccccc1.I. The van der Waals surface area contributed by atoms with E-state index in [9.17, 15) is 5.11 Å². The molecule has 2 aromatic carbocycles. The Kier molecular flexibility index (Phi) is 9.52. The molecular weight excluding hydrogens is 425 g/mol. The molecule has 1 unspecified atom stereocenters. The van der Waals surface area contributed by atoms with Crippen LogP contribution in [0.15, 0.2) is 53.5 Å². The van der Waals surface area contributed by atoms with Crippen LogP contribution in [0.4, 0.5) is 5.69 Å². The lowest BCUT2D eigenvalue weighted by molar-refractivity contribution is 0.184. The standard InChI is InChI=1S/C20H27N3O.HI/c1-3-16-11-8-12-17(4-2)19(16)23-20(21)22-14-18(24)13-15-9-6-5-7-10-15;/h5-12,18,24H,3-4,13-14H2,1-2H3,(H3,21,22,23);1H. The van der Waals surface area contributed by atoms with E-state index in [2.05, 4.69) is 42.4 Å². The summed E-state index contributed by atoms with van der Waals surface area (Å²) in [6.45, 7) is 4.53. The highest BCUT2D eigenvalue weighted by atomic mass is 127. The van der Waals surface area contributed by atoms with Gasteiger partial charge < -0.3 is 16.2 Å². The first-order valence-corrected chi connectivity index (χ1v) is 8.53. The number of halogens is 1. The number of benzene rings is 2. The number of para-hydroxylation sites is 1. The minimum Gasteiger partial charge on any atom is -0.391 e. The Morgan fingerprint density at radius 3 is 2.20 bits per heavy atom. The predicted octanol–water partition coefficient (Wildman–Crippen LogP) is 3.76. The van der Waals surface area contributed by atoms with Gasteiger partial charge >= 0.3 is 0 Å². The lowest BCUT2D eigenvalue weighted by atomic mass is 10.0. The molecule has 4 N–H and O–H groups in total. The summed E-state index contributed by atoms with van der Waals surface area (Å²) in [4.78, 5) is 4.30. The van der Waals surface area contributed by atoms with Gasteiger partial charge in [-0.1, -0.05) is 62.4 Å². The van der Waals surface area contributed by atoms with Crippen LogP contribution >= 0.6 is 24.0 Å². The first-order valence-electron chi connectivity index (χ1n) is 8.53. The van der Waals surface area contributed by atoms with Crippen molar-refractivity contribution in [3.05, 3.63) is 65.2 Å². The van der Waals surface area contributed by atoms with Crippen molar-refractivity contribution in [2.24, 2.45) is 10.7 Å². The molecule has 0 saturated heterocycles. The number of nitrogens with two attached hydrogens (primary N) is 1. The second-order valence-electron chi connectivity index (χ2n) is 5.85. The molecule has 0 aliphatic heterocycles. The van der Waals surface area contributed by atoms with Gasteiger partial charge in [0, 0.05) is 12.1 Å². The number of aliphatic imine (C=N–C) groups is 1. The van der Waals surface area contributed by atoms with Crippen LogP contribution in [0.1, 0.15) is 30.5 Å². The molecule has 0 aliphatic carbocycles. The number of guanidine groups is 1. The Labute approximate surface area is 167 Å². The van der Waals surface area contributed by atoms with Crippen LogP contribution in [-0.2, 0) is 19.3 Å². The molecule has 136 valence electrons. The van der Waals surface area contributed by atoms with Crippen LogP contribution < -0.4 is 11.1 Å². The van der Waals surface area contributed by atoms with Crippen molar-refractivity contribution in [2.75, 3.05) is 11.9 Å². The highest BCUT2D eigenvalue weighted by Crippen LogP contribution is 2.22. The van der Waals surface area contributed by atoms with E-state index in [-0.39, 0.29) is 30.5 Å². The van der Waals surface area contributed by atoms with Gasteiger partial charge in [-0.3, -0.25) is 4.99 Å². The van der Waals surface area contributed by atoms with Crippen molar-refractivity contribution < 1.29 is 5.11 Å². The Bertz CT molecular complexity index is 652. The molecule has 0 aromatic heterocycles. The summed E-state index contributed by atoms with van der Waals surface area (Å²) in [5.41, 5.74) is 10.6. The van der Waals surface area contributed by atoms with E-state index in [1.165, 1.54) is 11.1 Å². The van der Waals surface area contributed by atoms with Crippen LogP contribution in [0.5, 0.6) is 0 Å². The summed E-state index contributed by atoms with van der Waals surface area (Å²) >= 11 is 0. The van der Waals surface area contributed by atoms with Crippen molar-refractivity contribution in [3.63, 3.8) is 0 Å². The van der Waals surface area contributed by atoms with Gasteiger partial charge in [-0.25, -0.2) is 0 Å². The Morgan fingerprint density at radius 1 is 1.04 bits per heavy atom. The number of hydrogen-bond acceptors (Lipinski definition) is 2. The zero-order chi connectivity index (χ0) is 17.4. The molecule has 0 aliphatic rings. The van der Waals surface area contributed by atoms with Gasteiger partial charge in [-0.05, 0) is 29.5 Å². The lowest BCUT2D eigenvalue weighted by Crippen LogP contribution is -2.26. The molecule has 2 rings (SSSR count). The average Bonchev–Trinajstić information content (AvgIpc) is 2.61. The largest absolute Gasteiger partial charge is 0.391 e. The van der Waals surface area contributed by atoms with Gasteiger partial charge in [-0.2, -0.15) is 0 Å². The number of aryl methyl sites for hydroxylation is 2. The number of aliphatic hydroxyl groups excluding tert-OH is 1. The molecule has 0 heterocycles. The minimum absolute atomic E-state index is 0. The number of hydrogen-bond donors (Lipinski definition) is 3. The first kappa shape index (κ1) is 21.4. The molecule has 5 heteroatoms. The van der Waals surface area contributed by atoms with Crippen molar-refractivity contribution in [1.82, 2.24) is 0 Å². The molecule has 2 aromatic rings. The topological polar surface area (TPSA) is 70.6 Å². The maximum Gasteiger partial charge on any atom is 0.193 e. The summed E-state index contributed by atoms with van der Waals surface area (Å²) < 4.78 is 0. The molecule has 0 bridgehead atoms. The van der Waals surface area contributed by atoms with E-state index in [1.807, 2.05) is 30.3 Å². The number of rotatable bonds is 7. The highest BCUT2D eigenvalue weighted by molar-refractivity contribution is 14.0. The fourth-order valence-electron chi connectivity index (χ4n) is 2.73. The molecular formula is C20H28IN3O. The van der Waals surface area contributed by atoms with Crippen molar-refractivity contribution in [1.29, 1.82) is 0 Å². The van der Waals surface area contributed by atoms with Crippen molar-refractivity contribution in [3.8, 4) is 0 Å². The van der Waals surface area contributed by atoms with Gasteiger partial charge in [-0.15, -0.1) is 24.0 Å². The van der Waals surface area contributed by atoms with E-state index in [1.54, 1.807) is 0 Å². The van der Waals surface area contributed by atoms with Gasteiger partial charge in [0.05, 0.1) is 12.6 Å². The molecule has 0 fully saturated rings. The van der Waals surface area contributed by atoms with Gasteiger partial charge in [0.2, 0.25) is 0 Å². The minimum atomic E-state index is -0.542. The molecule has 0 saturated carbocycles. The summed E-state index contributed by atoms with van der Waals surface area (Å²) in [6.07, 6.45) is 1.89. The summed E-state index contributed by atoms with van der Waals surface area (Å²) in [5, 5.41) is 13.3. The first-order chi connectivity index (χ1) is 11.6. The normalized spacial score (nSPS) is 12.4. The molecule has 0 spiro atoms.